The van der Waals surface area contributed by atoms with E-state index in [1.54, 1.807) is 13.8 Å². The van der Waals surface area contributed by atoms with Gasteiger partial charge in [-0.05, 0) is 26.7 Å². The van der Waals surface area contributed by atoms with E-state index in [0.717, 1.165) is 0 Å². The van der Waals surface area contributed by atoms with Crippen LogP contribution in [0.3, 0.4) is 0 Å². The molecule has 0 radical (unpaired) electrons. The molecule has 6 heteroatoms. The average molecular weight is 244 g/mol. The molecule has 3 N–H and O–H groups in total. The number of hydrogen-bond acceptors (Lipinski definition) is 4. The largest absolute Gasteiger partial charge is 0.481 e. The Bertz CT molecular complexity index is 296. The van der Waals surface area contributed by atoms with Crippen molar-refractivity contribution in [1.82, 2.24) is 4.90 Å². The summed E-state index contributed by atoms with van der Waals surface area (Å²) < 4.78 is 5.24. The Labute approximate surface area is 101 Å². The quantitative estimate of drug-likeness (QED) is 0.760. The lowest BCUT2D eigenvalue weighted by Gasteiger charge is -2.32. The summed E-state index contributed by atoms with van der Waals surface area (Å²) in [5, 5.41) is 8.84. The van der Waals surface area contributed by atoms with Gasteiger partial charge in [-0.2, -0.15) is 0 Å². The molecule has 98 valence electrons. The zero-order chi connectivity index (χ0) is 13.1. The van der Waals surface area contributed by atoms with E-state index in [4.69, 9.17) is 15.6 Å². The Morgan fingerprint density at radius 1 is 1.41 bits per heavy atom. The Hall–Kier alpha value is -1.30. The van der Waals surface area contributed by atoms with Crippen molar-refractivity contribution in [3.63, 3.8) is 0 Å². The number of piperidine rings is 1. The number of carboxylic acid groups (broad SMARTS) is 1. The van der Waals surface area contributed by atoms with Gasteiger partial charge in [0.1, 0.15) is 5.60 Å². The summed E-state index contributed by atoms with van der Waals surface area (Å²) in [4.78, 5) is 24.0. The number of ether oxygens (including phenoxy) is 1. The third kappa shape index (κ3) is 3.89. The summed E-state index contributed by atoms with van der Waals surface area (Å²) in [5.41, 5.74) is 4.79. The maximum Gasteiger partial charge on any atom is 0.410 e. The highest BCUT2D eigenvalue weighted by molar-refractivity contribution is 5.71. The van der Waals surface area contributed by atoms with Crippen LogP contribution in [-0.2, 0) is 9.53 Å². The fourth-order valence-corrected chi connectivity index (χ4v) is 1.65. The number of nitrogens with zero attached hydrogens (tertiary/aromatic N) is 1. The first-order valence-electron chi connectivity index (χ1n) is 5.76. The van der Waals surface area contributed by atoms with Crippen molar-refractivity contribution in [2.75, 3.05) is 19.6 Å². The smallest absolute Gasteiger partial charge is 0.410 e. The lowest BCUT2D eigenvalue weighted by atomic mass is 9.97. The monoisotopic (exact) mass is 244 g/mol. The van der Waals surface area contributed by atoms with Gasteiger partial charge in [0.15, 0.2) is 0 Å². The average Bonchev–Trinajstić information content (AvgIpc) is 2.28. The van der Waals surface area contributed by atoms with Gasteiger partial charge in [0, 0.05) is 19.6 Å². The molecule has 1 aliphatic rings. The van der Waals surface area contributed by atoms with Gasteiger partial charge < -0.3 is 20.5 Å². The predicted molar refractivity (Wildman–Crippen MR) is 61.5 cm³/mol. The fourth-order valence-electron chi connectivity index (χ4n) is 1.65. The van der Waals surface area contributed by atoms with Gasteiger partial charge in [0.25, 0.3) is 0 Å². The molecule has 1 amide bonds. The minimum absolute atomic E-state index is 0.254. The number of carbonyl (C=O) groups is 2. The molecule has 6 nitrogen and oxygen atoms in total. The Morgan fingerprint density at radius 2 is 1.94 bits per heavy atom. The predicted octanol–water partition coefficient (Wildman–Crippen LogP) is 0.657. The van der Waals surface area contributed by atoms with Crippen LogP contribution >= 0.6 is 0 Å². The van der Waals surface area contributed by atoms with Gasteiger partial charge in [-0.1, -0.05) is 0 Å². The topological polar surface area (TPSA) is 92.9 Å². The first-order chi connectivity index (χ1) is 7.85. The van der Waals surface area contributed by atoms with E-state index in [9.17, 15) is 9.59 Å². The Morgan fingerprint density at radius 3 is 2.35 bits per heavy atom. The Balaban J connectivity index is 2.44. The molecule has 0 spiro atoms. The molecule has 0 aromatic carbocycles. The van der Waals surface area contributed by atoms with E-state index in [1.807, 2.05) is 0 Å². The second-order valence-corrected chi connectivity index (χ2v) is 4.93. The minimum Gasteiger partial charge on any atom is -0.481 e. The van der Waals surface area contributed by atoms with Gasteiger partial charge in [0.05, 0.1) is 5.92 Å². The van der Waals surface area contributed by atoms with Crippen LogP contribution in [0.1, 0.15) is 26.7 Å². The van der Waals surface area contributed by atoms with Crippen LogP contribution in [-0.4, -0.2) is 47.3 Å². The summed E-state index contributed by atoms with van der Waals surface area (Å²) in [6.45, 7) is 4.60. The van der Waals surface area contributed by atoms with E-state index >= 15 is 0 Å². The number of rotatable bonds is 3. The van der Waals surface area contributed by atoms with Crippen LogP contribution < -0.4 is 5.73 Å². The number of likely N-dealkylation sites (tertiary alicyclic amines) is 1. The molecule has 0 unspecified atom stereocenters. The highest BCUT2D eigenvalue weighted by atomic mass is 16.6. The Kier molecular flexibility index (Phi) is 4.34. The van der Waals surface area contributed by atoms with Crippen molar-refractivity contribution in [2.45, 2.75) is 32.3 Å². The summed E-state index contributed by atoms with van der Waals surface area (Å²) in [7, 11) is 0. The van der Waals surface area contributed by atoms with Crippen molar-refractivity contribution in [1.29, 1.82) is 0 Å². The van der Waals surface area contributed by atoms with Crippen LogP contribution in [0.2, 0.25) is 0 Å². The molecule has 0 bridgehead atoms. The number of carboxylic acids is 1. The molecule has 0 aliphatic carbocycles. The van der Waals surface area contributed by atoms with Crippen LogP contribution in [0.15, 0.2) is 0 Å². The standard InChI is InChI=1S/C11H20N2O4/c1-11(2,7-12)17-10(16)13-5-3-8(4-6-13)9(14)15/h8H,3-7,12H2,1-2H3,(H,14,15). The SMILES string of the molecule is CC(C)(CN)OC(=O)N1CCC(C(=O)O)CC1. The normalized spacial score (nSPS) is 17.9. The zero-order valence-electron chi connectivity index (χ0n) is 10.3. The van der Waals surface area contributed by atoms with Crippen LogP contribution in [0, 0.1) is 5.92 Å². The van der Waals surface area contributed by atoms with E-state index in [1.165, 1.54) is 4.90 Å². The molecule has 1 heterocycles. The summed E-state index contributed by atoms with van der Waals surface area (Å²) in [6, 6.07) is 0. The van der Waals surface area contributed by atoms with Crippen molar-refractivity contribution >= 4 is 12.1 Å². The molecule has 1 saturated heterocycles. The molecule has 1 fully saturated rings. The summed E-state index contributed by atoms with van der Waals surface area (Å²) in [6.07, 6.45) is 0.547. The molecule has 0 aromatic heterocycles. The molecule has 0 saturated carbocycles. The lowest BCUT2D eigenvalue weighted by molar-refractivity contribution is -0.143. The van der Waals surface area contributed by atoms with Crippen molar-refractivity contribution in [3.8, 4) is 0 Å². The van der Waals surface area contributed by atoms with Crippen molar-refractivity contribution < 1.29 is 19.4 Å². The zero-order valence-corrected chi connectivity index (χ0v) is 10.3. The molecular formula is C11H20N2O4. The highest BCUT2D eigenvalue weighted by Crippen LogP contribution is 2.19. The third-order valence-electron chi connectivity index (χ3n) is 2.96. The number of carbonyl (C=O) groups excluding carboxylic acids is 1. The second-order valence-electron chi connectivity index (χ2n) is 4.93. The highest BCUT2D eigenvalue weighted by Gasteiger charge is 2.30. The summed E-state index contributed by atoms with van der Waals surface area (Å²) in [5.74, 6) is -1.14. The number of nitrogens with two attached hydrogens (primary N) is 1. The van der Waals surface area contributed by atoms with E-state index in [2.05, 4.69) is 0 Å². The van der Waals surface area contributed by atoms with Gasteiger partial charge in [-0.3, -0.25) is 4.79 Å². The molecule has 1 aliphatic heterocycles. The molecule has 0 atom stereocenters. The fraction of sp³-hybridized carbons (Fsp3) is 0.818. The third-order valence-corrected chi connectivity index (χ3v) is 2.96. The number of aliphatic carboxylic acids is 1. The molecule has 1 rings (SSSR count). The van der Waals surface area contributed by atoms with E-state index in [-0.39, 0.29) is 12.5 Å². The van der Waals surface area contributed by atoms with Gasteiger partial charge >= 0.3 is 12.1 Å². The van der Waals surface area contributed by atoms with Gasteiger partial charge in [-0.25, -0.2) is 4.79 Å². The van der Waals surface area contributed by atoms with Crippen molar-refractivity contribution in [3.05, 3.63) is 0 Å². The first kappa shape index (κ1) is 13.8. The molecule has 17 heavy (non-hydrogen) atoms. The lowest BCUT2D eigenvalue weighted by Crippen LogP contribution is -2.45. The summed E-state index contributed by atoms with van der Waals surface area (Å²) >= 11 is 0. The van der Waals surface area contributed by atoms with Crippen molar-refractivity contribution in [2.24, 2.45) is 11.7 Å². The maximum atomic E-state index is 11.7. The number of hydrogen-bond donors (Lipinski definition) is 2. The van der Waals surface area contributed by atoms with Gasteiger partial charge in [-0.15, -0.1) is 0 Å². The molecule has 0 aromatic rings. The van der Waals surface area contributed by atoms with E-state index in [0.29, 0.717) is 25.9 Å². The van der Waals surface area contributed by atoms with Crippen LogP contribution in [0.25, 0.3) is 0 Å². The van der Waals surface area contributed by atoms with Crippen LogP contribution in [0.5, 0.6) is 0 Å². The maximum absolute atomic E-state index is 11.7. The number of amides is 1. The molecular weight excluding hydrogens is 224 g/mol. The second kappa shape index (κ2) is 5.35. The van der Waals surface area contributed by atoms with Crippen LogP contribution in [0.4, 0.5) is 4.79 Å². The first-order valence-corrected chi connectivity index (χ1v) is 5.76. The van der Waals surface area contributed by atoms with E-state index < -0.39 is 17.7 Å². The van der Waals surface area contributed by atoms with Gasteiger partial charge in [0.2, 0.25) is 0 Å². The minimum atomic E-state index is -0.791.